The Balaban J connectivity index is 2.30. The van der Waals surface area contributed by atoms with Crippen LogP contribution in [0, 0.1) is 0 Å². The number of furan rings is 1. The topological polar surface area (TPSA) is 22.4 Å². The van der Waals surface area contributed by atoms with Crippen LogP contribution in [-0.4, -0.2) is 6.86 Å². The molecule has 0 aromatic carbocycles. The molecule has 1 heterocycles. The van der Waals surface area contributed by atoms with Crippen molar-refractivity contribution in [3.63, 3.8) is 0 Å². The van der Waals surface area contributed by atoms with E-state index in [1.807, 2.05) is 0 Å². The molecule has 0 saturated carbocycles. The van der Waals surface area contributed by atoms with Crippen LogP contribution in [0.1, 0.15) is 5.76 Å². The van der Waals surface area contributed by atoms with Gasteiger partial charge in [0.1, 0.15) is 12.4 Å². The van der Waals surface area contributed by atoms with E-state index in [1.54, 1.807) is 12.1 Å². The minimum absolute atomic E-state index is 0.212. The van der Waals surface area contributed by atoms with Gasteiger partial charge in [0.25, 0.3) is 0 Å². The molecule has 1 aromatic rings. The van der Waals surface area contributed by atoms with E-state index in [1.165, 1.54) is 6.26 Å². The van der Waals surface area contributed by atoms with Crippen molar-refractivity contribution in [2.24, 2.45) is 0 Å². The van der Waals surface area contributed by atoms with Crippen LogP contribution < -0.4 is 0 Å². The lowest BCUT2D eigenvalue weighted by molar-refractivity contribution is 0.0369. The molecule has 0 N–H and O–H groups in total. The number of rotatable bonds is 3. The van der Waals surface area contributed by atoms with Crippen LogP contribution in [0.4, 0.5) is 4.39 Å². The molecule has 0 fully saturated rings. The average molecular weight is 130 g/mol. The molecule has 3 heteroatoms. The van der Waals surface area contributed by atoms with Crippen LogP contribution in [0.25, 0.3) is 0 Å². The Morgan fingerprint density at radius 1 is 1.67 bits per heavy atom. The van der Waals surface area contributed by atoms with Crippen molar-refractivity contribution >= 4 is 0 Å². The summed E-state index contributed by atoms with van der Waals surface area (Å²) < 4.78 is 20.6. The van der Waals surface area contributed by atoms with Crippen LogP contribution in [-0.2, 0) is 11.3 Å². The quantitative estimate of drug-likeness (QED) is 0.621. The zero-order chi connectivity index (χ0) is 6.53. The largest absolute Gasteiger partial charge is 0.467 e. The van der Waals surface area contributed by atoms with Gasteiger partial charge in [-0.3, -0.25) is 0 Å². The van der Waals surface area contributed by atoms with Gasteiger partial charge in [0.15, 0.2) is 6.86 Å². The van der Waals surface area contributed by atoms with E-state index < -0.39 is 6.86 Å². The van der Waals surface area contributed by atoms with Crippen molar-refractivity contribution in [3.05, 3.63) is 24.2 Å². The molecule has 1 rings (SSSR count). The fourth-order valence-electron chi connectivity index (χ4n) is 0.534. The predicted molar refractivity (Wildman–Crippen MR) is 29.5 cm³/mol. The highest BCUT2D eigenvalue weighted by Crippen LogP contribution is 2.00. The molecule has 0 aliphatic heterocycles. The summed E-state index contributed by atoms with van der Waals surface area (Å²) in [6.45, 7) is -0.551. The number of hydrogen-bond donors (Lipinski definition) is 0. The molecule has 1 aromatic heterocycles. The minimum Gasteiger partial charge on any atom is -0.467 e. The van der Waals surface area contributed by atoms with Gasteiger partial charge in [-0.05, 0) is 12.1 Å². The maximum atomic E-state index is 11.3. The lowest BCUT2D eigenvalue weighted by Crippen LogP contribution is -1.87. The maximum Gasteiger partial charge on any atom is 0.188 e. The molecule has 0 saturated heterocycles. The SMILES string of the molecule is FCOCc1ccco1. The Labute approximate surface area is 52.2 Å². The minimum atomic E-state index is -0.763. The summed E-state index contributed by atoms with van der Waals surface area (Å²) >= 11 is 0. The highest BCUT2D eigenvalue weighted by atomic mass is 19.1. The monoisotopic (exact) mass is 130 g/mol. The van der Waals surface area contributed by atoms with Gasteiger partial charge in [-0.15, -0.1) is 0 Å². The highest BCUT2D eigenvalue weighted by Gasteiger charge is 1.92. The third kappa shape index (κ3) is 1.85. The second-order valence-corrected chi connectivity index (χ2v) is 1.54. The maximum absolute atomic E-state index is 11.3. The van der Waals surface area contributed by atoms with E-state index in [2.05, 4.69) is 4.74 Å². The zero-order valence-electron chi connectivity index (χ0n) is 4.84. The van der Waals surface area contributed by atoms with Crippen LogP contribution in [0.5, 0.6) is 0 Å². The van der Waals surface area contributed by atoms with E-state index in [4.69, 9.17) is 4.42 Å². The van der Waals surface area contributed by atoms with Gasteiger partial charge in [-0.25, -0.2) is 4.39 Å². The number of ether oxygens (including phenoxy) is 1. The summed E-state index contributed by atoms with van der Waals surface area (Å²) in [4.78, 5) is 0. The first kappa shape index (κ1) is 6.29. The van der Waals surface area contributed by atoms with Gasteiger partial charge in [-0.2, -0.15) is 0 Å². The van der Waals surface area contributed by atoms with Crippen molar-refractivity contribution in [2.75, 3.05) is 6.86 Å². The molecule has 0 aliphatic rings. The molecule has 0 atom stereocenters. The first-order valence-electron chi connectivity index (χ1n) is 2.59. The summed E-state index contributed by atoms with van der Waals surface area (Å²) in [7, 11) is 0. The van der Waals surface area contributed by atoms with Crippen molar-refractivity contribution in [3.8, 4) is 0 Å². The van der Waals surface area contributed by atoms with Crippen LogP contribution >= 0.6 is 0 Å². The molecule has 50 valence electrons. The van der Waals surface area contributed by atoms with Gasteiger partial charge in [-0.1, -0.05) is 0 Å². The first-order chi connectivity index (χ1) is 4.43. The van der Waals surface area contributed by atoms with Gasteiger partial charge < -0.3 is 9.15 Å². The Kier molecular flexibility index (Phi) is 2.27. The highest BCUT2D eigenvalue weighted by molar-refractivity contribution is 4.95. The molecular formula is C6H7FO2. The molecule has 0 radical (unpaired) electrons. The third-order valence-corrected chi connectivity index (χ3v) is 0.902. The zero-order valence-corrected chi connectivity index (χ0v) is 4.84. The van der Waals surface area contributed by atoms with Gasteiger partial charge in [0, 0.05) is 0 Å². The molecule has 9 heavy (non-hydrogen) atoms. The molecule has 0 unspecified atom stereocenters. The molecule has 0 aliphatic carbocycles. The summed E-state index contributed by atoms with van der Waals surface area (Å²) in [5, 5.41) is 0. The molecule has 0 amide bonds. The molecular weight excluding hydrogens is 123 g/mol. The van der Waals surface area contributed by atoms with Crippen LogP contribution in [0.15, 0.2) is 22.8 Å². The Hall–Kier alpha value is -0.830. The molecule has 0 spiro atoms. The fourth-order valence-corrected chi connectivity index (χ4v) is 0.534. The van der Waals surface area contributed by atoms with Gasteiger partial charge in [0.2, 0.25) is 0 Å². The second kappa shape index (κ2) is 3.25. The smallest absolute Gasteiger partial charge is 0.188 e. The lowest BCUT2D eigenvalue weighted by atomic mass is 10.5. The van der Waals surface area contributed by atoms with E-state index >= 15 is 0 Å². The standard InChI is InChI=1S/C6H7FO2/c7-5-8-4-6-2-1-3-9-6/h1-3H,4-5H2. The fraction of sp³-hybridized carbons (Fsp3) is 0.333. The summed E-state index contributed by atoms with van der Waals surface area (Å²) in [5.41, 5.74) is 0. The van der Waals surface area contributed by atoms with Crippen LogP contribution in [0.2, 0.25) is 0 Å². The summed E-state index contributed by atoms with van der Waals surface area (Å²) in [6, 6.07) is 3.46. The number of hydrogen-bond acceptors (Lipinski definition) is 2. The Bertz CT molecular complexity index is 148. The molecule has 0 bridgehead atoms. The number of alkyl halides is 1. The normalized spacial score (nSPS) is 9.89. The first-order valence-corrected chi connectivity index (χ1v) is 2.59. The second-order valence-electron chi connectivity index (χ2n) is 1.54. The summed E-state index contributed by atoms with van der Waals surface area (Å²) in [6.07, 6.45) is 1.52. The van der Waals surface area contributed by atoms with Crippen molar-refractivity contribution in [1.82, 2.24) is 0 Å². The van der Waals surface area contributed by atoms with E-state index in [9.17, 15) is 4.39 Å². The van der Waals surface area contributed by atoms with Crippen molar-refractivity contribution in [2.45, 2.75) is 6.61 Å². The lowest BCUT2D eigenvalue weighted by Gasteiger charge is -1.91. The Morgan fingerprint density at radius 3 is 3.11 bits per heavy atom. The van der Waals surface area contributed by atoms with Gasteiger partial charge >= 0.3 is 0 Å². The van der Waals surface area contributed by atoms with Crippen LogP contribution in [0.3, 0.4) is 0 Å². The predicted octanol–water partition coefficient (Wildman–Crippen LogP) is 1.72. The Morgan fingerprint density at radius 2 is 2.56 bits per heavy atom. The third-order valence-electron chi connectivity index (χ3n) is 0.902. The average Bonchev–Trinajstić information content (AvgIpc) is 2.34. The van der Waals surface area contributed by atoms with Crippen molar-refractivity contribution in [1.29, 1.82) is 0 Å². The van der Waals surface area contributed by atoms with E-state index in [0.717, 1.165) is 0 Å². The number of halogens is 1. The van der Waals surface area contributed by atoms with E-state index in [-0.39, 0.29) is 6.61 Å². The van der Waals surface area contributed by atoms with Crippen molar-refractivity contribution < 1.29 is 13.5 Å². The van der Waals surface area contributed by atoms with Gasteiger partial charge in [0.05, 0.1) is 6.26 Å². The summed E-state index contributed by atoms with van der Waals surface area (Å²) in [5.74, 6) is 0.646. The molecule has 2 nitrogen and oxygen atoms in total. The van der Waals surface area contributed by atoms with E-state index in [0.29, 0.717) is 5.76 Å².